The molecule has 0 saturated carbocycles. The Bertz CT molecular complexity index is 453. The molecular formula is C12H12N2O2S. The van der Waals surface area contributed by atoms with Gasteiger partial charge in [-0.25, -0.2) is 0 Å². The van der Waals surface area contributed by atoms with Gasteiger partial charge in [0, 0.05) is 13.0 Å². The van der Waals surface area contributed by atoms with E-state index in [1.165, 1.54) is 0 Å². The Morgan fingerprint density at radius 2 is 2.00 bits per heavy atom. The zero-order chi connectivity index (χ0) is 12.0. The minimum Gasteiger partial charge on any atom is -0.391 e. The third-order valence-corrected chi connectivity index (χ3v) is 3.65. The van der Waals surface area contributed by atoms with Gasteiger partial charge in [0.2, 0.25) is 0 Å². The van der Waals surface area contributed by atoms with Crippen molar-refractivity contribution in [2.45, 2.75) is 18.6 Å². The highest BCUT2D eigenvalue weighted by atomic mass is 32.1. The van der Waals surface area contributed by atoms with E-state index in [0.29, 0.717) is 18.1 Å². The van der Waals surface area contributed by atoms with Crippen LogP contribution in [-0.4, -0.2) is 39.7 Å². The van der Waals surface area contributed by atoms with Crippen molar-refractivity contribution in [2.75, 3.05) is 11.4 Å². The van der Waals surface area contributed by atoms with Crippen LogP contribution in [0, 0.1) is 0 Å². The van der Waals surface area contributed by atoms with E-state index in [1.54, 1.807) is 4.90 Å². The molecule has 2 atom stereocenters. The van der Waals surface area contributed by atoms with Gasteiger partial charge in [-0.2, -0.15) is 0 Å². The lowest BCUT2D eigenvalue weighted by atomic mass is 10.2. The molecule has 1 aromatic rings. The minimum absolute atomic E-state index is 0.0299. The number of hydrogen-bond acceptors (Lipinski definition) is 3. The zero-order valence-corrected chi connectivity index (χ0v) is 9.93. The summed E-state index contributed by atoms with van der Waals surface area (Å²) in [4.78, 5) is 15.6. The summed E-state index contributed by atoms with van der Waals surface area (Å²) in [6.45, 7) is 0.457. The SMILES string of the molecule is O=C1C2C[C@@H](O)CN2C(=S)N1c1ccccc1. The number of rotatable bonds is 1. The normalized spacial score (nSPS) is 27.8. The summed E-state index contributed by atoms with van der Waals surface area (Å²) in [6.07, 6.45) is 0.0299. The molecule has 2 aliphatic rings. The van der Waals surface area contributed by atoms with E-state index < -0.39 is 6.10 Å². The molecule has 1 unspecified atom stereocenters. The van der Waals surface area contributed by atoms with Gasteiger partial charge in [-0.15, -0.1) is 0 Å². The van der Waals surface area contributed by atoms with E-state index in [9.17, 15) is 9.90 Å². The number of para-hydroxylation sites is 1. The number of aliphatic hydroxyl groups excluding tert-OH is 1. The van der Waals surface area contributed by atoms with Crippen LogP contribution in [0.5, 0.6) is 0 Å². The fourth-order valence-electron chi connectivity index (χ4n) is 2.45. The van der Waals surface area contributed by atoms with Gasteiger partial charge in [0.25, 0.3) is 5.91 Å². The third kappa shape index (κ3) is 1.54. The number of benzene rings is 1. The summed E-state index contributed by atoms with van der Waals surface area (Å²) in [5.74, 6) is -0.0299. The molecule has 0 spiro atoms. The summed E-state index contributed by atoms with van der Waals surface area (Å²) in [5, 5.41) is 10.1. The second-order valence-electron chi connectivity index (χ2n) is 4.35. The molecule has 2 fully saturated rings. The van der Waals surface area contributed by atoms with E-state index in [0.717, 1.165) is 5.69 Å². The van der Waals surface area contributed by atoms with Gasteiger partial charge < -0.3 is 10.0 Å². The van der Waals surface area contributed by atoms with E-state index in [-0.39, 0.29) is 11.9 Å². The molecule has 1 N–H and O–H groups in total. The third-order valence-electron chi connectivity index (χ3n) is 3.24. The van der Waals surface area contributed by atoms with E-state index in [2.05, 4.69) is 0 Å². The molecule has 0 aromatic heterocycles. The molecule has 3 rings (SSSR count). The molecule has 0 radical (unpaired) electrons. The van der Waals surface area contributed by atoms with E-state index in [4.69, 9.17) is 12.2 Å². The molecule has 2 aliphatic heterocycles. The molecule has 2 heterocycles. The Labute approximate surface area is 104 Å². The number of carbonyl (C=O) groups is 1. The second kappa shape index (κ2) is 3.78. The Hall–Kier alpha value is -1.46. The monoisotopic (exact) mass is 248 g/mol. The van der Waals surface area contributed by atoms with Crippen LogP contribution in [0.1, 0.15) is 6.42 Å². The number of amides is 1. The van der Waals surface area contributed by atoms with Crippen molar-refractivity contribution in [3.63, 3.8) is 0 Å². The maximum absolute atomic E-state index is 12.2. The Morgan fingerprint density at radius 1 is 1.29 bits per heavy atom. The van der Waals surface area contributed by atoms with Gasteiger partial charge in [0.05, 0.1) is 11.8 Å². The maximum Gasteiger partial charge on any atom is 0.256 e. The van der Waals surface area contributed by atoms with Gasteiger partial charge in [-0.05, 0) is 24.4 Å². The van der Waals surface area contributed by atoms with E-state index in [1.807, 2.05) is 35.2 Å². The number of carbonyl (C=O) groups excluding carboxylic acids is 1. The van der Waals surface area contributed by atoms with Gasteiger partial charge in [0.15, 0.2) is 5.11 Å². The van der Waals surface area contributed by atoms with Gasteiger partial charge in [-0.3, -0.25) is 9.69 Å². The number of aliphatic hydroxyl groups is 1. The standard InChI is InChI=1S/C12H12N2O2S/c15-9-6-10-11(16)14(12(17)13(10)7-9)8-4-2-1-3-5-8/h1-5,9-10,15H,6-7H2/t9-,10?/m1/s1. The first-order valence-electron chi connectivity index (χ1n) is 5.56. The lowest BCUT2D eigenvalue weighted by Gasteiger charge is -2.19. The highest BCUT2D eigenvalue weighted by Gasteiger charge is 2.48. The van der Waals surface area contributed by atoms with Crippen LogP contribution in [0.25, 0.3) is 0 Å². The lowest BCUT2D eigenvalue weighted by Crippen LogP contribution is -2.34. The molecule has 0 aliphatic carbocycles. The minimum atomic E-state index is -0.445. The first-order valence-corrected chi connectivity index (χ1v) is 5.97. The molecule has 5 heteroatoms. The Balaban J connectivity index is 1.95. The van der Waals surface area contributed by atoms with Crippen molar-refractivity contribution in [3.8, 4) is 0 Å². The van der Waals surface area contributed by atoms with E-state index >= 15 is 0 Å². The first-order chi connectivity index (χ1) is 8.18. The smallest absolute Gasteiger partial charge is 0.256 e. The van der Waals surface area contributed by atoms with Crippen molar-refractivity contribution in [2.24, 2.45) is 0 Å². The van der Waals surface area contributed by atoms with Crippen LogP contribution in [0.15, 0.2) is 30.3 Å². The summed E-state index contributed by atoms with van der Waals surface area (Å²) >= 11 is 5.31. The Kier molecular flexibility index (Phi) is 2.38. The number of nitrogens with zero attached hydrogens (tertiary/aromatic N) is 2. The molecule has 2 saturated heterocycles. The molecule has 1 amide bonds. The molecular weight excluding hydrogens is 236 g/mol. The van der Waals surface area contributed by atoms with Crippen LogP contribution >= 0.6 is 12.2 Å². The molecule has 17 heavy (non-hydrogen) atoms. The van der Waals surface area contributed by atoms with Crippen LogP contribution in [0.3, 0.4) is 0 Å². The fraction of sp³-hybridized carbons (Fsp3) is 0.333. The topological polar surface area (TPSA) is 43.8 Å². The average Bonchev–Trinajstić information content (AvgIpc) is 2.81. The van der Waals surface area contributed by atoms with Crippen LogP contribution in [0.4, 0.5) is 5.69 Å². The second-order valence-corrected chi connectivity index (χ2v) is 4.71. The summed E-state index contributed by atoms with van der Waals surface area (Å²) < 4.78 is 0. The average molecular weight is 248 g/mol. The largest absolute Gasteiger partial charge is 0.391 e. The number of thiocarbonyl (C=S) groups is 1. The number of fused-ring (bicyclic) bond motifs is 1. The fourth-order valence-corrected chi connectivity index (χ4v) is 2.84. The molecule has 1 aromatic carbocycles. The van der Waals surface area contributed by atoms with Gasteiger partial charge in [-0.1, -0.05) is 18.2 Å². The maximum atomic E-state index is 12.2. The van der Waals surface area contributed by atoms with Crippen molar-refractivity contribution in [1.29, 1.82) is 0 Å². The van der Waals surface area contributed by atoms with Gasteiger partial charge in [0.1, 0.15) is 6.04 Å². The number of hydrogen-bond donors (Lipinski definition) is 1. The predicted molar refractivity (Wildman–Crippen MR) is 67.6 cm³/mol. The molecule has 0 bridgehead atoms. The van der Waals surface area contributed by atoms with Crippen LogP contribution in [-0.2, 0) is 4.79 Å². The van der Waals surface area contributed by atoms with Crippen molar-refractivity contribution >= 4 is 28.9 Å². The van der Waals surface area contributed by atoms with Gasteiger partial charge >= 0.3 is 0 Å². The molecule has 4 nitrogen and oxygen atoms in total. The summed E-state index contributed by atoms with van der Waals surface area (Å²) in [6, 6.07) is 9.11. The predicted octanol–water partition coefficient (Wildman–Crippen LogP) is 0.753. The number of anilines is 1. The lowest BCUT2D eigenvalue weighted by molar-refractivity contribution is -0.119. The van der Waals surface area contributed by atoms with Crippen LogP contribution in [0.2, 0.25) is 0 Å². The Morgan fingerprint density at radius 3 is 2.65 bits per heavy atom. The highest BCUT2D eigenvalue weighted by molar-refractivity contribution is 7.80. The van der Waals surface area contributed by atoms with Crippen LogP contribution < -0.4 is 4.90 Å². The van der Waals surface area contributed by atoms with Crippen molar-refractivity contribution in [1.82, 2.24) is 4.90 Å². The summed E-state index contributed by atoms with van der Waals surface area (Å²) in [7, 11) is 0. The molecule has 88 valence electrons. The highest BCUT2D eigenvalue weighted by Crippen LogP contribution is 2.31. The first kappa shape index (κ1) is 10.7. The van der Waals surface area contributed by atoms with Crippen molar-refractivity contribution < 1.29 is 9.90 Å². The quantitative estimate of drug-likeness (QED) is 0.745. The zero-order valence-electron chi connectivity index (χ0n) is 9.11. The summed E-state index contributed by atoms with van der Waals surface area (Å²) in [5.41, 5.74) is 0.798. The van der Waals surface area contributed by atoms with Crippen molar-refractivity contribution in [3.05, 3.63) is 30.3 Å².